The van der Waals surface area contributed by atoms with Crippen molar-refractivity contribution < 1.29 is 19.1 Å². The Morgan fingerprint density at radius 3 is 2.79 bits per heavy atom. The van der Waals surface area contributed by atoms with Crippen LogP contribution in [0.4, 0.5) is 0 Å². The van der Waals surface area contributed by atoms with E-state index in [1.165, 1.54) is 0 Å². The van der Waals surface area contributed by atoms with E-state index in [0.717, 1.165) is 18.6 Å². The lowest BCUT2D eigenvalue weighted by Gasteiger charge is -2.23. The number of carbonyl (C=O) groups is 2. The SMILES string of the molecule is CC(C)(C)c1cnc(CCC(=O)N2C[C@@H]3CCC[C@@]3(C(=O)O)C2)o1. The Kier molecular flexibility index (Phi) is 4.18. The van der Waals surface area contributed by atoms with Gasteiger partial charge in [-0.05, 0) is 18.8 Å². The average molecular weight is 334 g/mol. The Balaban J connectivity index is 1.59. The zero-order chi connectivity index (χ0) is 17.5. The van der Waals surface area contributed by atoms with Gasteiger partial charge in [0.1, 0.15) is 5.76 Å². The number of fused-ring (bicyclic) bond motifs is 1. The number of nitrogens with zero attached hydrogens (tertiary/aromatic N) is 2. The van der Waals surface area contributed by atoms with Crippen LogP contribution in [0.5, 0.6) is 0 Å². The predicted molar refractivity (Wildman–Crippen MR) is 87.5 cm³/mol. The van der Waals surface area contributed by atoms with Gasteiger partial charge in [0.05, 0.1) is 11.6 Å². The van der Waals surface area contributed by atoms with Crippen LogP contribution in [0, 0.1) is 11.3 Å². The molecule has 2 heterocycles. The van der Waals surface area contributed by atoms with E-state index < -0.39 is 11.4 Å². The molecular weight excluding hydrogens is 308 g/mol. The summed E-state index contributed by atoms with van der Waals surface area (Å²) >= 11 is 0. The highest BCUT2D eigenvalue weighted by molar-refractivity contribution is 5.81. The zero-order valence-corrected chi connectivity index (χ0v) is 14.7. The smallest absolute Gasteiger partial charge is 0.311 e. The van der Waals surface area contributed by atoms with E-state index in [-0.39, 0.29) is 17.2 Å². The van der Waals surface area contributed by atoms with Gasteiger partial charge in [0.2, 0.25) is 5.91 Å². The van der Waals surface area contributed by atoms with Crippen molar-refractivity contribution >= 4 is 11.9 Å². The van der Waals surface area contributed by atoms with E-state index in [1.54, 1.807) is 11.1 Å². The molecule has 0 aromatic carbocycles. The number of hydrogen-bond donors (Lipinski definition) is 1. The Morgan fingerprint density at radius 2 is 2.21 bits per heavy atom. The topological polar surface area (TPSA) is 83.6 Å². The van der Waals surface area contributed by atoms with Gasteiger partial charge >= 0.3 is 5.97 Å². The number of hydrogen-bond acceptors (Lipinski definition) is 4. The lowest BCUT2D eigenvalue weighted by molar-refractivity contribution is -0.149. The Bertz CT molecular complexity index is 646. The molecule has 1 N–H and O–H groups in total. The van der Waals surface area contributed by atoms with Crippen LogP contribution < -0.4 is 0 Å². The average Bonchev–Trinajstić information content (AvgIpc) is 3.17. The molecule has 1 aliphatic heterocycles. The highest BCUT2D eigenvalue weighted by Gasteiger charge is 2.55. The Hall–Kier alpha value is -1.85. The van der Waals surface area contributed by atoms with E-state index >= 15 is 0 Å². The highest BCUT2D eigenvalue weighted by atomic mass is 16.4. The molecule has 6 heteroatoms. The molecule has 0 radical (unpaired) electrons. The number of aliphatic carboxylic acids is 1. The van der Waals surface area contributed by atoms with Gasteiger partial charge < -0.3 is 14.4 Å². The van der Waals surface area contributed by atoms with Crippen LogP contribution in [-0.2, 0) is 21.4 Å². The van der Waals surface area contributed by atoms with E-state index in [0.29, 0.717) is 38.2 Å². The second-order valence-corrected chi connectivity index (χ2v) is 8.19. The van der Waals surface area contributed by atoms with Crippen molar-refractivity contribution in [3.05, 3.63) is 17.8 Å². The number of rotatable bonds is 4. The summed E-state index contributed by atoms with van der Waals surface area (Å²) in [6.45, 7) is 7.08. The van der Waals surface area contributed by atoms with Gasteiger partial charge in [-0.1, -0.05) is 27.2 Å². The van der Waals surface area contributed by atoms with Crippen LogP contribution >= 0.6 is 0 Å². The van der Waals surface area contributed by atoms with Crippen molar-refractivity contribution in [3.8, 4) is 0 Å². The van der Waals surface area contributed by atoms with E-state index in [4.69, 9.17) is 4.42 Å². The normalized spacial score (nSPS) is 26.6. The van der Waals surface area contributed by atoms with Crippen molar-refractivity contribution in [1.29, 1.82) is 0 Å². The lowest BCUT2D eigenvalue weighted by Crippen LogP contribution is -2.37. The first-order chi connectivity index (χ1) is 11.2. The third kappa shape index (κ3) is 2.94. The van der Waals surface area contributed by atoms with Crippen LogP contribution in [0.2, 0.25) is 0 Å². The standard InChI is InChI=1S/C18H26N2O4/c1-17(2,3)13-9-19-14(24-13)6-7-15(21)20-10-12-5-4-8-18(12,11-20)16(22)23/h9,12H,4-8,10-11H2,1-3H3,(H,22,23)/t12-,18+/m0/s1. The molecule has 1 aliphatic carbocycles. The molecule has 6 nitrogen and oxygen atoms in total. The molecule has 0 bridgehead atoms. The van der Waals surface area contributed by atoms with Crippen LogP contribution in [-0.4, -0.2) is 40.0 Å². The molecule has 2 atom stereocenters. The minimum atomic E-state index is -0.747. The minimum absolute atomic E-state index is 0.000494. The zero-order valence-electron chi connectivity index (χ0n) is 14.7. The predicted octanol–water partition coefficient (Wildman–Crippen LogP) is 2.62. The van der Waals surface area contributed by atoms with Gasteiger partial charge in [-0.2, -0.15) is 0 Å². The van der Waals surface area contributed by atoms with Gasteiger partial charge in [0.25, 0.3) is 0 Å². The van der Waals surface area contributed by atoms with Crippen LogP contribution in [0.3, 0.4) is 0 Å². The molecule has 132 valence electrons. The van der Waals surface area contributed by atoms with Crippen molar-refractivity contribution in [1.82, 2.24) is 9.88 Å². The highest BCUT2D eigenvalue weighted by Crippen LogP contribution is 2.49. The number of oxazole rings is 1. The van der Waals surface area contributed by atoms with Crippen molar-refractivity contribution in [2.75, 3.05) is 13.1 Å². The molecule has 2 aliphatic rings. The lowest BCUT2D eigenvalue weighted by atomic mass is 9.81. The molecule has 0 unspecified atom stereocenters. The molecular formula is C18H26N2O4. The molecule has 0 spiro atoms. The summed E-state index contributed by atoms with van der Waals surface area (Å²) in [5, 5.41) is 9.60. The van der Waals surface area contributed by atoms with Gasteiger partial charge in [-0.15, -0.1) is 0 Å². The molecule has 1 aromatic rings. The summed E-state index contributed by atoms with van der Waals surface area (Å²) < 4.78 is 5.72. The molecule has 2 fully saturated rings. The molecule has 24 heavy (non-hydrogen) atoms. The van der Waals surface area contributed by atoms with Crippen molar-refractivity contribution in [2.45, 2.75) is 58.3 Å². The maximum Gasteiger partial charge on any atom is 0.311 e. The number of carboxylic acids is 1. The Morgan fingerprint density at radius 1 is 1.46 bits per heavy atom. The number of carboxylic acid groups (broad SMARTS) is 1. The van der Waals surface area contributed by atoms with Gasteiger partial charge in [0.15, 0.2) is 5.89 Å². The number of likely N-dealkylation sites (tertiary alicyclic amines) is 1. The first-order valence-electron chi connectivity index (χ1n) is 8.69. The molecule has 1 saturated carbocycles. The number of carbonyl (C=O) groups excluding carboxylic acids is 1. The van der Waals surface area contributed by atoms with E-state index in [9.17, 15) is 14.7 Å². The third-order valence-corrected chi connectivity index (χ3v) is 5.49. The second-order valence-electron chi connectivity index (χ2n) is 8.19. The number of amides is 1. The minimum Gasteiger partial charge on any atom is -0.481 e. The first kappa shape index (κ1) is 17.0. The first-order valence-corrected chi connectivity index (χ1v) is 8.69. The summed E-state index contributed by atoms with van der Waals surface area (Å²) in [5.74, 6) is 0.739. The molecule has 3 rings (SSSR count). The third-order valence-electron chi connectivity index (χ3n) is 5.49. The van der Waals surface area contributed by atoms with Crippen LogP contribution in [0.1, 0.15) is 58.1 Å². The molecule has 1 amide bonds. The fourth-order valence-electron chi connectivity index (χ4n) is 3.97. The van der Waals surface area contributed by atoms with Gasteiger partial charge in [0, 0.05) is 31.3 Å². The van der Waals surface area contributed by atoms with E-state index in [2.05, 4.69) is 25.8 Å². The fraction of sp³-hybridized carbons (Fsp3) is 0.722. The van der Waals surface area contributed by atoms with Crippen molar-refractivity contribution in [3.63, 3.8) is 0 Å². The van der Waals surface area contributed by atoms with E-state index in [1.807, 2.05) is 0 Å². The summed E-state index contributed by atoms with van der Waals surface area (Å²) in [7, 11) is 0. The summed E-state index contributed by atoms with van der Waals surface area (Å²) in [6, 6.07) is 0. The maximum atomic E-state index is 12.5. The molecule has 1 saturated heterocycles. The number of aryl methyl sites for hydroxylation is 1. The van der Waals surface area contributed by atoms with Crippen molar-refractivity contribution in [2.24, 2.45) is 11.3 Å². The summed E-state index contributed by atoms with van der Waals surface area (Å²) in [6.07, 6.45) is 5.03. The quantitative estimate of drug-likeness (QED) is 0.915. The molecule has 1 aromatic heterocycles. The van der Waals surface area contributed by atoms with Crippen LogP contribution in [0.25, 0.3) is 0 Å². The fourth-order valence-corrected chi connectivity index (χ4v) is 3.97. The summed E-state index contributed by atoms with van der Waals surface area (Å²) in [4.78, 5) is 30.1. The monoisotopic (exact) mass is 334 g/mol. The van der Waals surface area contributed by atoms with Gasteiger partial charge in [-0.3, -0.25) is 9.59 Å². The summed E-state index contributed by atoms with van der Waals surface area (Å²) in [5.41, 5.74) is -0.812. The largest absolute Gasteiger partial charge is 0.481 e. The maximum absolute atomic E-state index is 12.5. The second kappa shape index (κ2) is 5.90. The van der Waals surface area contributed by atoms with Gasteiger partial charge in [-0.25, -0.2) is 4.98 Å². The van der Waals surface area contributed by atoms with Crippen LogP contribution in [0.15, 0.2) is 10.6 Å². The number of aromatic nitrogens is 1. The Labute approximate surface area is 142 Å².